The van der Waals surface area contributed by atoms with Gasteiger partial charge in [0, 0.05) is 57.4 Å². The number of aromatic amines is 1. The van der Waals surface area contributed by atoms with E-state index in [1.165, 1.54) is 0 Å². The molecule has 2 aliphatic rings. The highest BCUT2D eigenvalue weighted by atomic mass is 35.5. The first-order valence-electron chi connectivity index (χ1n) is 10.1. The summed E-state index contributed by atoms with van der Waals surface area (Å²) in [6, 6.07) is 5.48. The predicted molar refractivity (Wildman–Crippen MR) is 115 cm³/mol. The van der Waals surface area contributed by atoms with E-state index in [2.05, 4.69) is 25.1 Å². The third-order valence-corrected chi connectivity index (χ3v) is 6.05. The zero-order chi connectivity index (χ0) is 21.3. The molecular weight excluding hydrogens is 406 g/mol. The zero-order valence-electron chi connectivity index (χ0n) is 17.2. The first-order valence-corrected chi connectivity index (χ1v) is 10.5. The van der Waals surface area contributed by atoms with Crippen molar-refractivity contribution in [2.75, 3.05) is 44.7 Å². The minimum absolute atomic E-state index is 0.0176. The van der Waals surface area contributed by atoms with E-state index in [4.69, 9.17) is 16.3 Å². The second-order valence-corrected chi connectivity index (χ2v) is 8.15. The van der Waals surface area contributed by atoms with Gasteiger partial charge in [0.15, 0.2) is 5.15 Å². The van der Waals surface area contributed by atoms with Crippen molar-refractivity contribution in [1.82, 2.24) is 20.2 Å². The summed E-state index contributed by atoms with van der Waals surface area (Å²) in [5, 5.41) is 2.90. The summed E-state index contributed by atoms with van der Waals surface area (Å²) in [5.41, 5.74) is 3.94. The first kappa shape index (κ1) is 20.8. The Balaban J connectivity index is 1.33. The summed E-state index contributed by atoms with van der Waals surface area (Å²) in [5.74, 6) is -0.251. The van der Waals surface area contributed by atoms with Gasteiger partial charge in [-0.15, -0.1) is 0 Å². The van der Waals surface area contributed by atoms with Crippen molar-refractivity contribution in [3.05, 3.63) is 56.2 Å². The van der Waals surface area contributed by atoms with Crippen LogP contribution in [0.25, 0.3) is 0 Å². The second-order valence-electron chi connectivity index (χ2n) is 7.80. The van der Waals surface area contributed by atoms with Crippen molar-refractivity contribution in [2.45, 2.75) is 26.1 Å². The Hall–Kier alpha value is -2.42. The number of halogens is 1. The number of carbonyl (C=O) groups excluding carboxylic acids is 1. The number of hydrogen-bond acceptors (Lipinski definition) is 6. The van der Waals surface area contributed by atoms with Crippen LogP contribution >= 0.6 is 11.6 Å². The molecule has 30 heavy (non-hydrogen) atoms. The van der Waals surface area contributed by atoms with Crippen molar-refractivity contribution in [2.24, 2.45) is 0 Å². The largest absolute Gasteiger partial charge is 0.372 e. The number of rotatable bonds is 4. The van der Waals surface area contributed by atoms with E-state index in [1.54, 1.807) is 13.1 Å². The molecule has 2 N–H and O–H groups in total. The quantitative estimate of drug-likeness (QED) is 0.710. The van der Waals surface area contributed by atoms with Gasteiger partial charge in [0.2, 0.25) is 0 Å². The van der Waals surface area contributed by atoms with Crippen molar-refractivity contribution in [3.8, 4) is 0 Å². The number of nitrogens with one attached hydrogen (secondary N) is 2. The minimum Gasteiger partial charge on any atom is -0.372 e. The van der Waals surface area contributed by atoms with Crippen LogP contribution in [0.3, 0.4) is 0 Å². The van der Waals surface area contributed by atoms with Gasteiger partial charge in [0.25, 0.3) is 11.5 Å². The van der Waals surface area contributed by atoms with Gasteiger partial charge in [-0.25, -0.2) is 4.98 Å². The van der Waals surface area contributed by atoms with Crippen LogP contribution in [0.2, 0.25) is 5.15 Å². The molecule has 0 aromatic carbocycles. The molecule has 0 bridgehead atoms. The number of anilines is 1. The van der Waals surface area contributed by atoms with Crippen LogP contribution < -0.4 is 15.8 Å². The number of aromatic nitrogens is 2. The Morgan fingerprint density at radius 3 is 2.80 bits per heavy atom. The Bertz CT molecular complexity index is 1000. The van der Waals surface area contributed by atoms with Gasteiger partial charge >= 0.3 is 0 Å². The SMILES string of the molecule is CNC(=O)c1ccc(N2CCN(CC3Cc4[nH]c(=O)c(C)cc4CO3)CC2)c(Cl)n1. The van der Waals surface area contributed by atoms with Gasteiger partial charge in [-0.05, 0) is 30.7 Å². The van der Waals surface area contributed by atoms with E-state index < -0.39 is 0 Å². The average Bonchev–Trinajstić information content (AvgIpc) is 2.75. The predicted octanol–water partition coefficient (Wildman–Crippen LogP) is 1.35. The summed E-state index contributed by atoms with van der Waals surface area (Å²) >= 11 is 6.33. The number of ether oxygens (including phenoxy) is 1. The molecule has 4 rings (SSSR count). The second kappa shape index (κ2) is 8.75. The van der Waals surface area contributed by atoms with Crippen molar-refractivity contribution >= 4 is 23.2 Å². The van der Waals surface area contributed by atoms with Crippen LogP contribution in [-0.2, 0) is 17.8 Å². The van der Waals surface area contributed by atoms with Crippen LogP contribution in [0.4, 0.5) is 5.69 Å². The van der Waals surface area contributed by atoms with Gasteiger partial charge in [-0.3, -0.25) is 14.5 Å². The van der Waals surface area contributed by atoms with E-state index in [0.29, 0.717) is 17.5 Å². The lowest BCUT2D eigenvalue weighted by Crippen LogP contribution is -2.49. The molecule has 1 unspecified atom stereocenters. The standard InChI is InChI=1S/C21H26ClN5O3/c1-13-9-14-12-30-15(10-17(14)25-20(13)28)11-26-5-7-27(8-6-26)18-4-3-16(21(29)23-2)24-19(18)22/h3-4,9,15H,5-8,10-12H2,1-2H3,(H,23,29)(H,25,28). The Morgan fingerprint density at radius 1 is 1.33 bits per heavy atom. The topological polar surface area (TPSA) is 90.6 Å². The molecule has 2 aromatic rings. The number of nitrogens with zero attached hydrogens (tertiary/aromatic N) is 3. The fourth-order valence-corrected chi connectivity index (χ4v) is 4.30. The van der Waals surface area contributed by atoms with Crippen LogP contribution in [0.5, 0.6) is 0 Å². The summed E-state index contributed by atoms with van der Waals surface area (Å²) in [7, 11) is 1.57. The van der Waals surface area contributed by atoms with Crippen molar-refractivity contribution < 1.29 is 9.53 Å². The highest BCUT2D eigenvalue weighted by Crippen LogP contribution is 2.26. The minimum atomic E-state index is -0.251. The number of amides is 1. The molecule has 1 fully saturated rings. The van der Waals surface area contributed by atoms with Crippen molar-refractivity contribution in [3.63, 3.8) is 0 Å². The van der Waals surface area contributed by atoms with Crippen LogP contribution in [0.15, 0.2) is 23.0 Å². The normalized spacial score (nSPS) is 19.4. The molecule has 9 heteroatoms. The lowest BCUT2D eigenvalue weighted by Gasteiger charge is -2.38. The molecule has 1 atom stereocenters. The number of piperazine rings is 1. The number of pyridine rings is 2. The third kappa shape index (κ3) is 4.35. The highest BCUT2D eigenvalue weighted by molar-refractivity contribution is 6.32. The van der Waals surface area contributed by atoms with Crippen LogP contribution in [-0.4, -0.2) is 66.7 Å². The number of H-pyrrole nitrogens is 1. The average molecular weight is 432 g/mol. The molecule has 2 aliphatic heterocycles. The van der Waals surface area contributed by atoms with E-state index in [1.807, 2.05) is 19.1 Å². The van der Waals surface area contributed by atoms with E-state index in [-0.39, 0.29) is 17.6 Å². The molecule has 2 aromatic heterocycles. The number of hydrogen-bond donors (Lipinski definition) is 2. The molecule has 0 radical (unpaired) electrons. The fraction of sp³-hybridized carbons (Fsp3) is 0.476. The number of fused-ring (bicyclic) bond motifs is 1. The Labute approximate surface area is 180 Å². The van der Waals surface area contributed by atoms with E-state index in [0.717, 1.165) is 61.7 Å². The molecule has 160 valence electrons. The van der Waals surface area contributed by atoms with E-state index in [9.17, 15) is 9.59 Å². The molecule has 0 spiro atoms. The van der Waals surface area contributed by atoms with Crippen LogP contribution in [0, 0.1) is 6.92 Å². The number of aryl methyl sites for hydroxylation is 1. The summed E-state index contributed by atoms with van der Waals surface area (Å²) in [6.07, 6.45) is 0.793. The Kier molecular flexibility index (Phi) is 6.08. The monoisotopic (exact) mass is 431 g/mol. The summed E-state index contributed by atoms with van der Waals surface area (Å²) in [6.45, 7) is 6.58. The fourth-order valence-electron chi connectivity index (χ4n) is 4.03. The molecule has 1 saturated heterocycles. The number of carbonyl (C=O) groups is 1. The Morgan fingerprint density at radius 2 is 2.10 bits per heavy atom. The molecule has 4 heterocycles. The molecule has 8 nitrogen and oxygen atoms in total. The maximum Gasteiger partial charge on any atom is 0.269 e. The lowest BCUT2D eigenvalue weighted by atomic mass is 10.0. The van der Waals surface area contributed by atoms with Gasteiger partial charge in [0.1, 0.15) is 5.69 Å². The zero-order valence-corrected chi connectivity index (χ0v) is 18.0. The maximum absolute atomic E-state index is 11.9. The summed E-state index contributed by atoms with van der Waals surface area (Å²) in [4.78, 5) is 35.4. The van der Waals surface area contributed by atoms with Gasteiger partial charge in [0.05, 0.1) is 18.4 Å². The smallest absolute Gasteiger partial charge is 0.269 e. The van der Waals surface area contributed by atoms with Crippen LogP contribution in [0.1, 0.15) is 27.3 Å². The molecular formula is C21H26ClN5O3. The first-order chi connectivity index (χ1) is 14.4. The molecule has 0 saturated carbocycles. The van der Waals surface area contributed by atoms with Crippen molar-refractivity contribution in [1.29, 1.82) is 0 Å². The van der Waals surface area contributed by atoms with E-state index >= 15 is 0 Å². The molecule has 1 amide bonds. The van der Waals surface area contributed by atoms with Gasteiger partial charge < -0.3 is 19.9 Å². The summed E-state index contributed by atoms with van der Waals surface area (Å²) < 4.78 is 6.03. The highest BCUT2D eigenvalue weighted by Gasteiger charge is 2.26. The molecule has 0 aliphatic carbocycles. The maximum atomic E-state index is 11.9. The third-order valence-electron chi connectivity index (χ3n) is 5.77. The lowest BCUT2D eigenvalue weighted by molar-refractivity contribution is 0.00274. The van der Waals surface area contributed by atoms with Gasteiger partial charge in [-0.1, -0.05) is 11.6 Å². The van der Waals surface area contributed by atoms with Gasteiger partial charge in [-0.2, -0.15) is 0 Å².